The maximum atomic E-state index is 11.8. The summed E-state index contributed by atoms with van der Waals surface area (Å²) in [6.07, 6.45) is 1.49. The number of carbonyl (C=O) groups excluding carboxylic acids is 1. The highest BCUT2D eigenvalue weighted by atomic mass is 79.9. The van der Waals surface area contributed by atoms with Crippen LogP contribution in [0, 0.1) is 5.92 Å². The highest BCUT2D eigenvalue weighted by Gasteiger charge is 2.33. The molecule has 0 aliphatic carbocycles. The minimum Gasteiger partial charge on any atom is -0.444 e. The smallest absolute Gasteiger partial charge is 0.410 e. The van der Waals surface area contributed by atoms with Gasteiger partial charge in [-0.1, -0.05) is 0 Å². The van der Waals surface area contributed by atoms with Gasteiger partial charge in [0.25, 0.3) is 5.56 Å². The van der Waals surface area contributed by atoms with E-state index in [9.17, 15) is 9.59 Å². The van der Waals surface area contributed by atoms with Crippen molar-refractivity contribution in [2.75, 3.05) is 13.1 Å². The minimum absolute atomic E-state index is 0.0241. The van der Waals surface area contributed by atoms with Gasteiger partial charge in [-0.3, -0.25) is 4.79 Å². The maximum Gasteiger partial charge on any atom is 0.410 e. The summed E-state index contributed by atoms with van der Waals surface area (Å²) in [6, 6.07) is 3.26. The van der Waals surface area contributed by atoms with E-state index in [0.717, 1.165) is 4.47 Å². The van der Waals surface area contributed by atoms with Crippen LogP contribution in [0.5, 0.6) is 0 Å². The molecule has 2 rings (SSSR count). The fraction of sp³-hybridized carbons (Fsp3) is 0.571. The number of pyridine rings is 1. The summed E-state index contributed by atoms with van der Waals surface area (Å²) >= 11 is 3.35. The van der Waals surface area contributed by atoms with Gasteiger partial charge in [0.15, 0.2) is 0 Å². The molecule has 0 atom stereocenters. The fourth-order valence-corrected chi connectivity index (χ4v) is 2.46. The molecule has 1 amide bonds. The second-order valence-electron chi connectivity index (χ2n) is 6.09. The van der Waals surface area contributed by atoms with Gasteiger partial charge in [-0.15, -0.1) is 0 Å². The number of ether oxygens (including phenoxy) is 1. The predicted molar refractivity (Wildman–Crippen MR) is 79.7 cm³/mol. The zero-order chi connectivity index (χ0) is 14.9. The van der Waals surface area contributed by atoms with Crippen LogP contribution in [0.4, 0.5) is 4.79 Å². The molecule has 1 saturated heterocycles. The summed E-state index contributed by atoms with van der Waals surface area (Å²) in [4.78, 5) is 25.1. The van der Waals surface area contributed by atoms with Crippen LogP contribution in [-0.2, 0) is 11.3 Å². The lowest BCUT2D eigenvalue weighted by Gasteiger charge is -2.39. The van der Waals surface area contributed by atoms with E-state index in [1.807, 2.05) is 20.8 Å². The SMILES string of the molecule is CC(C)(C)OC(=O)N1CC(Cn2cc(Br)ccc2=O)C1. The third-order valence-corrected chi connectivity index (χ3v) is 3.48. The average Bonchev–Trinajstić information content (AvgIpc) is 2.24. The van der Waals surface area contributed by atoms with Crippen LogP contribution in [0.3, 0.4) is 0 Å². The number of halogens is 1. The number of amides is 1. The summed E-state index contributed by atoms with van der Waals surface area (Å²) < 4.78 is 7.84. The first-order chi connectivity index (χ1) is 9.24. The number of hydrogen-bond acceptors (Lipinski definition) is 3. The molecule has 20 heavy (non-hydrogen) atoms. The number of likely N-dealkylation sites (tertiary alicyclic amines) is 1. The first-order valence-electron chi connectivity index (χ1n) is 6.58. The Morgan fingerprint density at radius 3 is 2.65 bits per heavy atom. The van der Waals surface area contributed by atoms with Crippen LogP contribution in [0.15, 0.2) is 27.6 Å². The van der Waals surface area contributed by atoms with Crippen molar-refractivity contribution < 1.29 is 9.53 Å². The second-order valence-corrected chi connectivity index (χ2v) is 7.00. The van der Waals surface area contributed by atoms with Gasteiger partial charge >= 0.3 is 6.09 Å². The maximum absolute atomic E-state index is 11.8. The summed E-state index contributed by atoms with van der Waals surface area (Å²) in [5.74, 6) is 0.300. The van der Waals surface area contributed by atoms with Gasteiger partial charge in [-0.05, 0) is 42.8 Å². The fourth-order valence-electron chi connectivity index (χ4n) is 2.08. The van der Waals surface area contributed by atoms with Crippen molar-refractivity contribution in [3.05, 3.63) is 33.2 Å². The second kappa shape index (κ2) is 5.60. The van der Waals surface area contributed by atoms with E-state index in [0.29, 0.717) is 25.6 Å². The van der Waals surface area contributed by atoms with E-state index in [2.05, 4.69) is 15.9 Å². The lowest BCUT2D eigenvalue weighted by atomic mass is 10.0. The Morgan fingerprint density at radius 2 is 2.05 bits per heavy atom. The Balaban J connectivity index is 1.87. The molecule has 0 radical (unpaired) electrons. The summed E-state index contributed by atoms with van der Waals surface area (Å²) in [7, 11) is 0. The van der Waals surface area contributed by atoms with Crippen molar-refractivity contribution in [3.63, 3.8) is 0 Å². The largest absolute Gasteiger partial charge is 0.444 e. The van der Waals surface area contributed by atoms with E-state index in [1.54, 1.807) is 21.7 Å². The van der Waals surface area contributed by atoms with E-state index in [-0.39, 0.29) is 11.7 Å². The molecule has 1 aliphatic heterocycles. The van der Waals surface area contributed by atoms with Gasteiger partial charge in [0.2, 0.25) is 0 Å². The van der Waals surface area contributed by atoms with Crippen LogP contribution in [0.1, 0.15) is 20.8 Å². The predicted octanol–water partition coefficient (Wildman–Crippen LogP) is 2.48. The van der Waals surface area contributed by atoms with Crippen LogP contribution >= 0.6 is 15.9 Å². The molecule has 5 nitrogen and oxygen atoms in total. The monoisotopic (exact) mass is 342 g/mol. The lowest BCUT2D eigenvalue weighted by Crippen LogP contribution is -2.53. The van der Waals surface area contributed by atoms with Crippen LogP contribution in [-0.4, -0.2) is 34.3 Å². The zero-order valence-electron chi connectivity index (χ0n) is 11.9. The molecule has 2 heterocycles. The molecule has 1 aliphatic rings. The molecule has 0 N–H and O–H groups in total. The molecule has 0 bridgehead atoms. The van der Waals surface area contributed by atoms with Gasteiger partial charge in [-0.2, -0.15) is 0 Å². The Labute approximate surface area is 126 Å². The molecule has 0 saturated carbocycles. The zero-order valence-corrected chi connectivity index (χ0v) is 13.5. The molecule has 1 aromatic heterocycles. The van der Waals surface area contributed by atoms with Crippen molar-refractivity contribution in [1.82, 2.24) is 9.47 Å². The standard InChI is InChI=1S/C14H19BrN2O3/c1-14(2,3)20-13(19)17-7-10(8-17)6-16-9-11(15)4-5-12(16)18/h4-5,9-10H,6-8H2,1-3H3. The van der Waals surface area contributed by atoms with E-state index in [1.165, 1.54) is 6.07 Å². The summed E-state index contributed by atoms with van der Waals surface area (Å²) in [5.41, 5.74) is -0.493. The van der Waals surface area contributed by atoms with Crippen LogP contribution in [0.25, 0.3) is 0 Å². The van der Waals surface area contributed by atoms with Crippen molar-refractivity contribution >= 4 is 22.0 Å². The van der Waals surface area contributed by atoms with E-state index < -0.39 is 5.60 Å². The van der Waals surface area contributed by atoms with Gasteiger partial charge in [0.1, 0.15) is 5.60 Å². The normalized spacial score (nSPS) is 15.9. The topological polar surface area (TPSA) is 51.5 Å². The van der Waals surface area contributed by atoms with Gasteiger partial charge in [-0.25, -0.2) is 4.79 Å². The number of aromatic nitrogens is 1. The number of nitrogens with zero attached hydrogens (tertiary/aromatic N) is 2. The number of carbonyl (C=O) groups is 1. The highest BCUT2D eigenvalue weighted by molar-refractivity contribution is 9.10. The first kappa shape index (κ1) is 15.1. The Bertz CT molecular complexity index is 556. The molecule has 1 aromatic rings. The lowest BCUT2D eigenvalue weighted by molar-refractivity contribution is -0.00347. The van der Waals surface area contributed by atoms with Crippen molar-refractivity contribution in [3.8, 4) is 0 Å². The molecule has 0 aromatic carbocycles. The van der Waals surface area contributed by atoms with E-state index >= 15 is 0 Å². The Hall–Kier alpha value is -1.30. The van der Waals surface area contributed by atoms with Gasteiger partial charge in [0, 0.05) is 42.3 Å². The van der Waals surface area contributed by atoms with E-state index in [4.69, 9.17) is 4.74 Å². The van der Waals surface area contributed by atoms with Gasteiger partial charge in [0.05, 0.1) is 0 Å². The Kier molecular flexibility index (Phi) is 4.22. The van der Waals surface area contributed by atoms with Crippen LogP contribution in [0.2, 0.25) is 0 Å². The molecular formula is C14H19BrN2O3. The van der Waals surface area contributed by atoms with Crippen LogP contribution < -0.4 is 5.56 Å². The molecule has 110 valence electrons. The van der Waals surface area contributed by atoms with Crippen molar-refractivity contribution in [2.24, 2.45) is 5.92 Å². The minimum atomic E-state index is -0.469. The number of hydrogen-bond donors (Lipinski definition) is 0. The molecule has 0 spiro atoms. The van der Waals surface area contributed by atoms with Crippen molar-refractivity contribution in [2.45, 2.75) is 32.9 Å². The summed E-state index contributed by atoms with van der Waals surface area (Å²) in [6.45, 7) is 7.44. The third kappa shape index (κ3) is 3.85. The average molecular weight is 343 g/mol. The first-order valence-corrected chi connectivity index (χ1v) is 7.38. The highest BCUT2D eigenvalue weighted by Crippen LogP contribution is 2.20. The summed E-state index contributed by atoms with van der Waals surface area (Å²) in [5, 5.41) is 0. The van der Waals surface area contributed by atoms with Gasteiger partial charge < -0.3 is 14.2 Å². The quantitative estimate of drug-likeness (QED) is 0.829. The molecule has 6 heteroatoms. The third-order valence-electron chi connectivity index (χ3n) is 3.01. The Morgan fingerprint density at radius 1 is 1.40 bits per heavy atom. The molecule has 1 fully saturated rings. The molecule has 0 unspecified atom stereocenters. The van der Waals surface area contributed by atoms with Crippen molar-refractivity contribution in [1.29, 1.82) is 0 Å². The number of rotatable bonds is 2. The molecular weight excluding hydrogens is 324 g/mol.